The van der Waals surface area contributed by atoms with Crippen LogP contribution in [0.25, 0.3) is 0 Å². The largest absolute Gasteiger partial charge is 0.330 e. The van der Waals surface area contributed by atoms with Crippen LogP contribution in [0.3, 0.4) is 0 Å². The third-order valence-electron chi connectivity index (χ3n) is 2.50. The molecule has 13 heavy (non-hydrogen) atoms. The average molecular weight is 263 g/mol. The van der Waals surface area contributed by atoms with E-state index in [1.54, 1.807) is 0 Å². The van der Waals surface area contributed by atoms with Crippen LogP contribution in [-0.4, -0.2) is 6.54 Å². The summed E-state index contributed by atoms with van der Waals surface area (Å²) < 4.78 is 1.17. The summed E-state index contributed by atoms with van der Waals surface area (Å²) in [5, 5.41) is 0. The van der Waals surface area contributed by atoms with Gasteiger partial charge in [-0.15, -0.1) is 12.4 Å². The molecule has 0 bridgehead atoms. The lowest BCUT2D eigenvalue weighted by Gasteiger charge is -1.98. The Morgan fingerprint density at radius 3 is 2.77 bits per heavy atom. The maximum atomic E-state index is 5.59. The normalized spacial score (nSPS) is 25.1. The summed E-state index contributed by atoms with van der Waals surface area (Å²) in [6.07, 6.45) is 1.27. The summed E-state index contributed by atoms with van der Waals surface area (Å²) in [6.45, 7) is 0.831. The Kier molecular flexibility index (Phi) is 3.77. The highest BCUT2D eigenvalue weighted by Crippen LogP contribution is 2.46. The molecule has 72 valence electrons. The van der Waals surface area contributed by atoms with Crippen LogP contribution in [0.15, 0.2) is 28.7 Å². The Hall–Kier alpha value is -0.0500. The van der Waals surface area contributed by atoms with E-state index in [0.717, 1.165) is 18.4 Å². The van der Waals surface area contributed by atoms with E-state index in [1.165, 1.54) is 16.5 Å². The smallest absolute Gasteiger partial charge is 0.0178 e. The molecule has 1 nitrogen and oxygen atoms in total. The number of halogens is 2. The molecule has 1 aromatic carbocycles. The van der Waals surface area contributed by atoms with Gasteiger partial charge in [-0.3, -0.25) is 0 Å². The van der Waals surface area contributed by atoms with Crippen LogP contribution in [0.4, 0.5) is 0 Å². The molecule has 0 spiro atoms. The lowest BCUT2D eigenvalue weighted by Crippen LogP contribution is -2.01. The molecule has 1 aliphatic carbocycles. The summed E-state index contributed by atoms with van der Waals surface area (Å²) in [6, 6.07) is 8.53. The number of rotatable bonds is 2. The Bertz CT molecular complexity index is 290. The van der Waals surface area contributed by atoms with E-state index in [4.69, 9.17) is 5.73 Å². The lowest BCUT2D eigenvalue weighted by molar-refractivity contribution is 0.809. The van der Waals surface area contributed by atoms with Gasteiger partial charge in [-0.05, 0) is 42.5 Å². The van der Waals surface area contributed by atoms with E-state index < -0.39 is 0 Å². The van der Waals surface area contributed by atoms with Crippen molar-refractivity contribution in [2.75, 3.05) is 6.54 Å². The SMILES string of the molecule is Cl.NC[C@H]1C[C@H]1c1cccc(Br)c1. The van der Waals surface area contributed by atoms with Crippen LogP contribution in [0.1, 0.15) is 17.9 Å². The summed E-state index contributed by atoms with van der Waals surface area (Å²) in [7, 11) is 0. The van der Waals surface area contributed by atoms with Crippen molar-refractivity contribution in [3.63, 3.8) is 0 Å². The van der Waals surface area contributed by atoms with Crippen molar-refractivity contribution in [3.05, 3.63) is 34.3 Å². The molecule has 0 radical (unpaired) electrons. The number of hydrogen-bond acceptors (Lipinski definition) is 1. The van der Waals surface area contributed by atoms with Crippen molar-refractivity contribution < 1.29 is 0 Å². The molecular weight excluding hydrogens is 249 g/mol. The number of benzene rings is 1. The van der Waals surface area contributed by atoms with E-state index in [1.807, 2.05) is 0 Å². The molecular formula is C10H13BrClN. The molecule has 1 aromatic rings. The van der Waals surface area contributed by atoms with E-state index in [9.17, 15) is 0 Å². The highest BCUT2D eigenvalue weighted by Gasteiger charge is 2.36. The second-order valence-corrected chi connectivity index (χ2v) is 4.31. The molecule has 2 N–H and O–H groups in total. The van der Waals surface area contributed by atoms with E-state index in [-0.39, 0.29) is 12.4 Å². The first-order valence-electron chi connectivity index (χ1n) is 4.27. The third-order valence-corrected chi connectivity index (χ3v) is 3.00. The highest BCUT2D eigenvalue weighted by molar-refractivity contribution is 9.10. The van der Waals surface area contributed by atoms with Gasteiger partial charge >= 0.3 is 0 Å². The summed E-state index contributed by atoms with van der Waals surface area (Å²) in [5.41, 5.74) is 7.02. The molecule has 0 aliphatic heterocycles. The Morgan fingerprint density at radius 2 is 2.23 bits per heavy atom. The van der Waals surface area contributed by atoms with Crippen LogP contribution < -0.4 is 5.73 Å². The Balaban J connectivity index is 0.000000845. The predicted octanol–water partition coefficient (Wildman–Crippen LogP) is 2.93. The van der Waals surface area contributed by atoms with Gasteiger partial charge in [0.2, 0.25) is 0 Å². The summed E-state index contributed by atoms with van der Waals surface area (Å²) >= 11 is 3.47. The zero-order valence-corrected chi connectivity index (χ0v) is 9.64. The fraction of sp³-hybridized carbons (Fsp3) is 0.400. The average Bonchev–Trinajstić information content (AvgIpc) is 2.83. The van der Waals surface area contributed by atoms with Gasteiger partial charge in [-0.25, -0.2) is 0 Å². The first kappa shape index (κ1) is 11.0. The van der Waals surface area contributed by atoms with Crippen molar-refractivity contribution in [2.24, 2.45) is 11.7 Å². The molecule has 1 fully saturated rings. The molecule has 0 aromatic heterocycles. The topological polar surface area (TPSA) is 26.0 Å². The van der Waals surface area contributed by atoms with Gasteiger partial charge in [-0.2, -0.15) is 0 Å². The molecule has 0 unspecified atom stereocenters. The van der Waals surface area contributed by atoms with E-state index in [2.05, 4.69) is 40.2 Å². The molecule has 1 saturated carbocycles. The predicted molar refractivity (Wildman–Crippen MR) is 61.3 cm³/mol. The molecule has 2 atom stereocenters. The molecule has 0 amide bonds. The first-order valence-corrected chi connectivity index (χ1v) is 5.06. The lowest BCUT2D eigenvalue weighted by atomic mass is 10.1. The van der Waals surface area contributed by atoms with Crippen LogP contribution >= 0.6 is 28.3 Å². The molecule has 0 saturated heterocycles. The van der Waals surface area contributed by atoms with Gasteiger partial charge in [0.15, 0.2) is 0 Å². The second-order valence-electron chi connectivity index (χ2n) is 3.39. The second kappa shape index (κ2) is 4.45. The van der Waals surface area contributed by atoms with Crippen LogP contribution in [-0.2, 0) is 0 Å². The maximum Gasteiger partial charge on any atom is 0.0178 e. The van der Waals surface area contributed by atoms with Gasteiger partial charge in [-0.1, -0.05) is 28.1 Å². The van der Waals surface area contributed by atoms with Gasteiger partial charge in [0.1, 0.15) is 0 Å². The van der Waals surface area contributed by atoms with Gasteiger partial charge in [0.05, 0.1) is 0 Å². The van der Waals surface area contributed by atoms with Crippen LogP contribution in [0, 0.1) is 5.92 Å². The fourth-order valence-corrected chi connectivity index (χ4v) is 2.07. The zero-order chi connectivity index (χ0) is 8.55. The van der Waals surface area contributed by atoms with Crippen molar-refractivity contribution in [1.29, 1.82) is 0 Å². The van der Waals surface area contributed by atoms with E-state index in [0.29, 0.717) is 0 Å². The summed E-state index contributed by atoms with van der Waals surface area (Å²) in [4.78, 5) is 0. The Morgan fingerprint density at radius 1 is 1.46 bits per heavy atom. The minimum absolute atomic E-state index is 0. The van der Waals surface area contributed by atoms with Crippen molar-refractivity contribution >= 4 is 28.3 Å². The van der Waals surface area contributed by atoms with Crippen molar-refractivity contribution in [1.82, 2.24) is 0 Å². The maximum absolute atomic E-state index is 5.59. The fourth-order valence-electron chi connectivity index (χ4n) is 1.65. The molecule has 2 rings (SSSR count). The van der Waals surface area contributed by atoms with Crippen LogP contribution in [0.2, 0.25) is 0 Å². The molecule has 0 heterocycles. The van der Waals surface area contributed by atoms with Crippen molar-refractivity contribution in [2.45, 2.75) is 12.3 Å². The van der Waals surface area contributed by atoms with Crippen molar-refractivity contribution in [3.8, 4) is 0 Å². The minimum Gasteiger partial charge on any atom is -0.330 e. The van der Waals surface area contributed by atoms with Crippen LogP contribution in [0.5, 0.6) is 0 Å². The zero-order valence-electron chi connectivity index (χ0n) is 7.24. The number of nitrogens with two attached hydrogens (primary N) is 1. The van der Waals surface area contributed by atoms with Gasteiger partial charge < -0.3 is 5.73 Å². The quantitative estimate of drug-likeness (QED) is 0.871. The van der Waals surface area contributed by atoms with Gasteiger partial charge in [0, 0.05) is 4.47 Å². The molecule has 3 heteroatoms. The highest BCUT2D eigenvalue weighted by atomic mass is 79.9. The third kappa shape index (κ3) is 2.46. The van der Waals surface area contributed by atoms with E-state index >= 15 is 0 Å². The Labute approximate surface area is 93.2 Å². The first-order chi connectivity index (χ1) is 5.81. The van der Waals surface area contributed by atoms with Gasteiger partial charge in [0.25, 0.3) is 0 Å². The standard InChI is InChI=1S/C10H12BrN.ClH/c11-9-3-1-2-7(4-9)10-5-8(10)6-12;/h1-4,8,10H,5-6,12H2;1H/t8-,10+;/m1./s1. The minimum atomic E-state index is 0. The monoisotopic (exact) mass is 261 g/mol. The number of hydrogen-bond donors (Lipinski definition) is 1. The molecule has 1 aliphatic rings. The summed E-state index contributed by atoms with van der Waals surface area (Å²) in [5.74, 6) is 1.46.